The fourth-order valence-electron chi connectivity index (χ4n) is 4.90. The van der Waals surface area contributed by atoms with Gasteiger partial charge in [0.2, 0.25) is 5.54 Å². The van der Waals surface area contributed by atoms with Gasteiger partial charge in [-0.1, -0.05) is 119 Å². The van der Waals surface area contributed by atoms with Crippen molar-refractivity contribution in [1.29, 1.82) is 0 Å². The van der Waals surface area contributed by atoms with E-state index in [0.29, 0.717) is 6.54 Å². The number of nitrogens with zero attached hydrogens (tertiary/aromatic N) is 2. The van der Waals surface area contributed by atoms with E-state index in [0.717, 1.165) is 32.6 Å². The molecule has 0 aliphatic carbocycles. The smallest absolute Gasteiger partial charge is 0.341 e. The lowest BCUT2D eigenvalue weighted by Gasteiger charge is -2.37. The van der Waals surface area contributed by atoms with Gasteiger partial charge >= 0.3 is 5.97 Å². The summed E-state index contributed by atoms with van der Waals surface area (Å²) in [5, 5.41) is 0. The second kappa shape index (κ2) is 10.5. The van der Waals surface area contributed by atoms with E-state index in [9.17, 15) is 4.79 Å². The van der Waals surface area contributed by atoms with Gasteiger partial charge in [0.05, 0.1) is 12.6 Å². The van der Waals surface area contributed by atoms with E-state index in [1.807, 2.05) is 97.9 Å². The summed E-state index contributed by atoms with van der Waals surface area (Å²) in [5.74, 6) is 0.410. The lowest BCUT2D eigenvalue weighted by atomic mass is 9.79. The van der Waals surface area contributed by atoms with Gasteiger partial charge in [-0.2, -0.15) is 0 Å². The lowest BCUT2D eigenvalue weighted by molar-refractivity contribution is -0.151. The van der Waals surface area contributed by atoms with Gasteiger partial charge in [-0.15, -0.1) is 0 Å². The number of aliphatic imine (C=N–C) groups is 1. The first-order valence-corrected chi connectivity index (χ1v) is 12.9. The molecule has 0 saturated carbocycles. The van der Waals surface area contributed by atoms with Crippen molar-refractivity contribution in [2.24, 2.45) is 4.99 Å². The Hall–Kier alpha value is -3.70. The van der Waals surface area contributed by atoms with Crippen LogP contribution in [0.1, 0.15) is 35.2 Å². The molecule has 2 atom stereocenters. The molecule has 1 aliphatic rings. The minimum Gasteiger partial charge on any atom is -0.464 e. The van der Waals surface area contributed by atoms with E-state index in [2.05, 4.69) is 45.1 Å². The SMILES string of the molecule is CCOC(=O)[C@]1(c2ccccc2)N=C(c2ccc(Br)cc2)N(Cc2ccccc2)[C@@H]1c1ccccc1. The third-order valence-corrected chi connectivity index (χ3v) is 7.00. The van der Waals surface area contributed by atoms with Crippen molar-refractivity contribution >= 4 is 27.7 Å². The molecule has 0 amide bonds. The highest BCUT2D eigenvalue weighted by Crippen LogP contribution is 2.50. The van der Waals surface area contributed by atoms with Crippen molar-refractivity contribution in [3.05, 3.63) is 142 Å². The number of hydrogen-bond acceptors (Lipinski definition) is 4. The first kappa shape index (κ1) is 24.0. The van der Waals surface area contributed by atoms with Crippen molar-refractivity contribution in [1.82, 2.24) is 4.90 Å². The first-order chi connectivity index (χ1) is 17.6. The summed E-state index contributed by atoms with van der Waals surface area (Å²) in [4.78, 5) is 21.6. The van der Waals surface area contributed by atoms with E-state index < -0.39 is 11.6 Å². The van der Waals surface area contributed by atoms with Crippen molar-refractivity contribution in [2.45, 2.75) is 25.0 Å². The molecule has 36 heavy (non-hydrogen) atoms. The van der Waals surface area contributed by atoms with Crippen LogP contribution < -0.4 is 0 Å². The minimum absolute atomic E-state index is 0.275. The normalized spacial score (nSPS) is 19.1. The van der Waals surface area contributed by atoms with Crippen LogP contribution in [0.2, 0.25) is 0 Å². The summed E-state index contributed by atoms with van der Waals surface area (Å²) in [6.07, 6.45) is 0. The van der Waals surface area contributed by atoms with Crippen molar-refractivity contribution in [3.63, 3.8) is 0 Å². The Labute approximate surface area is 220 Å². The fraction of sp³-hybridized carbons (Fsp3) is 0.161. The van der Waals surface area contributed by atoms with Crippen molar-refractivity contribution in [3.8, 4) is 0 Å². The number of hydrogen-bond donors (Lipinski definition) is 0. The molecule has 5 rings (SSSR count). The summed E-state index contributed by atoms with van der Waals surface area (Å²) in [6.45, 7) is 2.70. The summed E-state index contributed by atoms with van der Waals surface area (Å²) in [7, 11) is 0. The van der Waals surface area contributed by atoms with Crippen LogP contribution in [0.4, 0.5) is 0 Å². The van der Waals surface area contributed by atoms with Crippen LogP contribution in [0.5, 0.6) is 0 Å². The number of esters is 1. The molecule has 0 radical (unpaired) electrons. The Bertz CT molecular complexity index is 1340. The molecule has 0 N–H and O–H groups in total. The molecule has 0 aromatic heterocycles. The predicted octanol–water partition coefficient (Wildman–Crippen LogP) is 6.91. The highest BCUT2D eigenvalue weighted by atomic mass is 79.9. The summed E-state index contributed by atoms with van der Waals surface area (Å²) < 4.78 is 6.74. The van der Waals surface area contributed by atoms with E-state index >= 15 is 0 Å². The van der Waals surface area contributed by atoms with Crippen LogP contribution in [0.25, 0.3) is 0 Å². The van der Waals surface area contributed by atoms with Crippen molar-refractivity contribution < 1.29 is 9.53 Å². The third kappa shape index (κ3) is 4.47. The van der Waals surface area contributed by atoms with Crippen molar-refractivity contribution in [2.75, 3.05) is 6.61 Å². The van der Waals surface area contributed by atoms with Crippen LogP contribution in [0, 0.1) is 0 Å². The quantitative estimate of drug-likeness (QED) is 0.240. The van der Waals surface area contributed by atoms with Gasteiger partial charge in [0.15, 0.2) is 0 Å². The number of carbonyl (C=O) groups excluding carboxylic acids is 1. The molecule has 1 heterocycles. The summed E-state index contributed by atoms with van der Waals surface area (Å²) in [5.41, 5.74) is 2.62. The molecule has 0 bridgehead atoms. The Morgan fingerprint density at radius 2 is 1.44 bits per heavy atom. The zero-order valence-electron chi connectivity index (χ0n) is 20.1. The molecular weight excluding hydrogens is 512 g/mol. The van der Waals surface area contributed by atoms with E-state index in [4.69, 9.17) is 9.73 Å². The zero-order chi connectivity index (χ0) is 25.0. The highest BCUT2D eigenvalue weighted by molar-refractivity contribution is 9.10. The van der Waals surface area contributed by atoms with Crippen LogP contribution in [0.15, 0.2) is 125 Å². The molecule has 5 heteroatoms. The monoisotopic (exact) mass is 538 g/mol. The number of amidine groups is 1. The molecule has 4 nitrogen and oxygen atoms in total. The number of ether oxygens (including phenoxy) is 1. The fourth-order valence-corrected chi connectivity index (χ4v) is 5.17. The molecule has 0 spiro atoms. The van der Waals surface area contributed by atoms with Gasteiger partial charge < -0.3 is 9.64 Å². The Balaban J connectivity index is 1.79. The van der Waals surface area contributed by atoms with Gasteiger partial charge in [0.25, 0.3) is 0 Å². The Morgan fingerprint density at radius 1 is 0.861 bits per heavy atom. The average Bonchev–Trinajstić information content (AvgIpc) is 3.26. The van der Waals surface area contributed by atoms with Gasteiger partial charge in [0.1, 0.15) is 5.84 Å². The number of halogens is 1. The molecule has 180 valence electrons. The van der Waals surface area contributed by atoms with Gasteiger partial charge in [-0.05, 0) is 35.7 Å². The van der Waals surface area contributed by atoms with Crippen LogP contribution in [-0.2, 0) is 21.6 Å². The maximum Gasteiger partial charge on any atom is 0.341 e. The Morgan fingerprint density at radius 3 is 2.06 bits per heavy atom. The first-order valence-electron chi connectivity index (χ1n) is 12.1. The van der Waals surface area contributed by atoms with E-state index in [1.165, 1.54) is 0 Å². The maximum atomic E-state index is 14.0. The molecular formula is C31H27BrN2O2. The van der Waals surface area contributed by atoms with Gasteiger partial charge in [0, 0.05) is 16.6 Å². The lowest BCUT2D eigenvalue weighted by Crippen LogP contribution is -2.44. The summed E-state index contributed by atoms with van der Waals surface area (Å²) >= 11 is 3.55. The molecule has 0 saturated heterocycles. The zero-order valence-corrected chi connectivity index (χ0v) is 21.6. The van der Waals surface area contributed by atoms with Gasteiger partial charge in [-0.3, -0.25) is 0 Å². The topological polar surface area (TPSA) is 41.9 Å². The Kier molecular flexibility index (Phi) is 7.01. The van der Waals surface area contributed by atoms with E-state index in [-0.39, 0.29) is 12.6 Å². The van der Waals surface area contributed by atoms with E-state index in [1.54, 1.807) is 0 Å². The standard InChI is InChI=1S/C31H27BrN2O2/c1-2-36-30(35)31(26-16-10-5-11-17-26)28(24-14-8-4-9-15-24)34(22-23-12-6-3-7-13-23)29(33-31)25-18-20-27(32)21-19-25/h3-21,28H,2,22H2,1H3/t28-,31-/m1/s1. The maximum absolute atomic E-state index is 14.0. The number of carbonyl (C=O) groups is 1. The molecule has 4 aromatic carbocycles. The summed E-state index contributed by atoms with van der Waals surface area (Å²) in [6, 6.07) is 37.9. The molecule has 4 aromatic rings. The predicted molar refractivity (Wildman–Crippen MR) is 147 cm³/mol. The van der Waals surface area contributed by atoms with Crippen LogP contribution >= 0.6 is 15.9 Å². The van der Waals surface area contributed by atoms with Gasteiger partial charge in [-0.25, -0.2) is 9.79 Å². The minimum atomic E-state index is -1.27. The average molecular weight is 539 g/mol. The molecule has 0 unspecified atom stereocenters. The second-order valence-corrected chi connectivity index (χ2v) is 9.64. The second-order valence-electron chi connectivity index (χ2n) is 8.72. The van der Waals surface area contributed by atoms with Crippen LogP contribution in [0.3, 0.4) is 0 Å². The molecule has 0 fully saturated rings. The number of rotatable bonds is 7. The third-order valence-electron chi connectivity index (χ3n) is 6.48. The number of benzene rings is 4. The largest absolute Gasteiger partial charge is 0.464 e. The molecule has 1 aliphatic heterocycles. The highest BCUT2D eigenvalue weighted by Gasteiger charge is 2.57. The van der Waals surface area contributed by atoms with Crippen LogP contribution in [-0.4, -0.2) is 23.3 Å².